The number of halogens is 1. The Labute approximate surface area is 146 Å². The molecule has 1 saturated heterocycles. The van der Waals surface area contributed by atoms with E-state index in [1.165, 1.54) is 7.11 Å². The van der Waals surface area contributed by atoms with E-state index >= 15 is 0 Å². The fourth-order valence-electron chi connectivity index (χ4n) is 3.15. The van der Waals surface area contributed by atoms with Crippen LogP contribution in [0.15, 0.2) is 18.2 Å². The van der Waals surface area contributed by atoms with Gasteiger partial charge in [-0.2, -0.15) is 0 Å². The van der Waals surface area contributed by atoms with Crippen LogP contribution in [0.3, 0.4) is 0 Å². The highest BCUT2D eigenvalue weighted by Crippen LogP contribution is 2.35. The van der Waals surface area contributed by atoms with Crippen LogP contribution in [0.25, 0.3) is 0 Å². The molecule has 7 heteroatoms. The number of piperidine rings is 1. The molecule has 2 rings (SSSR count). The molecule has 0 aromatic heterocycles. The van der Waals surface area contributed by atoms with Gasteiger partial charge in [0.1, 0.15) is 5.75 Å². The minimum absolute atomic E-state index is 0.211. The van der Waals surface area contributed by atoms with Crippen molar-refractivity contribution in [2.24, 2.45) is 11.1 Å². The average molecular weight is 355 g/mol. The van der Waals surface area contributed by atoms with Gasteiger partial charge in [0, 0.05) is 31.8 Å². The summed E-state index contributed by atoms with van der Waals surface area (Å²) in [6.07, 6.45) is 1.86. The number of amides is 2. The van der Waals surface area contributed by atoms with Crippen LogP contribution >= 0.6 is 11.6 Å². The highest BCUT2D eigenvalue weighted by atomic mass is 35.5. The first-order chi connectivity index (χ1) is 11.4. The summed E-state index contributed by atoms with van der Waals surface area (Å²) in [5.41, 5.74) is 5.28. The zero-order valence-corrected chi connectivity index (χ0v) is 14.8. The van der Waals surface area contributed by atoms with Gasteiger partial charge in [0.2, 0.25) is 5.91 Å². The Bertz CT molecular complexity index is 623. The lowest BCUT2D eigenvalue weighted by molar-refractivity contribution is -0.131. The van der Waals surface area contributed by atoms with Gasteiger partial charge in [0.05, 0.1) is 18.1 Å². The Kier molecular flexibility index (Phi) is 6.07. The number of carbonyl (C=O) groups is 2. The molecule has 1 unspecified atom stereocenters. The second kappa shape index (κ2) is 7.85. The number of ether oxygens (including phenoxy) is 2. The summed E-state index contributed by atoms with van der Waals surface area (Å²) in [6, 6.07) is 4.91. The van der Waals surface area contributed by atoms with Gasteiger partial charge in [-0.15, -0.1) is 0 Å². The number of methoxy groups -OCH3 is 2. The van der Waals surface area contributed by atoms with Gasteiger partial charge in [0.25, 0.3) is 5.91 Å². The maximum atomic E-state index is 12.9. The average Bonchev–Trinajstić information content (AvgIpc) is 2.59. The van der Waals surface area contributed by atoms with Crippen molar-refractivity contribution < 1.29 is 19.1 Å². The highest BCUT2D eigenvalue weighted by Gasteiger charge is 2.42. The predicted octanol–water partition coefficient (Wildman–Crippen LogP) is 2.09. The molecule has 1 aromatic carbocycles. The molecule has 1 aliphatic rings. The van der Waals surface area contributed by atoms with Crippen molar-refractivity contribution in [3.63, 3.8) is 0 Å². The first-order valence-electron chi connectivity index (χ1n) is 7.85. The van der Waals surface area contributed by atoms with Gasteiger partial charge in [-0.25, -0.2) is 0 Å². The first kappa shape index (κ1) is 18.5. The maximum Gasteiger partial charge on any atom is 0.257 e. The summed E-state index contributed by atoms with van der Waals surface area (Å²) >= 11 is 6.01. The topological polar surface area (TPSA) is 81.9 Å². The third-order valence-electron chi connectivity index (χ3n) is 4.56. The van der Waals surface area contributed by atoms with Crippen molar-refractivity contribution in [2.75, 3.05) is 33.9 Å². The summed E-state index contributed by atoms with van der Waals surface area (Å²) in [6.45, 7) is 1.27. The molecule has 1 aliphatic heterocycles. The van der Waals surface area contributed by atoms with Gasteiger partial charge in [-0.05, 0) is 37.5 Å². The second-order valence-electron chi connectivity index (χ2n) is 6.06. The van der Waals surface area contributed by atoms with Crippen LogP contribution < -0.4 is 10.5 Å². The number of nitrogens with zero attached hydrogens (tertiary/aromatic N) is 1. The molecule has 2 N–H and O–H groups in total. The smallest absolute Gasteiger partial charge is 0.257 e. The zero-order valence-electron chi connectivity index (χ0n) is 14.0. The van der Waals surface area contributed by atoms with Gasteiger partial charge in [-0.3, -0.25) is 9.59 Å². The van der Waals surface area contributed by atoms with E-state index in [0.29, 0.717) is 48.7 Å². The maximum absolute atomic E-state index is 12.9. The van der Waals surface area contributed by atoms with Crippen LogP contribution in [0.1, 0.15) is 29.6 Å². The largest absolute Gasteiger partial charge is 0.496 e. The summed E-state index contributed by atoms with van der Waals surface area (Å²) in [5, 5.41) is 0.455. The fourth-order valence-corrected chi connectivity index (χ4v) is 3.32. The molecule has 0 aliphatic carbocycles. The van der Waals surface area contributed by atoms with Crippen molar-refractivity contribution in [1.29, 1.82) is 0 Å². The minimum Gasteiger partial charge on any atom is -0.496 e. The molecular weight excluding hydrogens is 332 g/mol. The Morgan fingerprint density at radius 1 is 1.38 bits per heavy atom. The number of primary amides is 1. The second-order valence-corrected chi connectivity index (χ2v) is 6.50. The van der Waals surface area contributed by atoms with Gasteiger partial charge >= 0.3 is 0 Å². The van der Waals surface area contributed by atoms with E-state index in [4.69, 9.17) is 26.8 Å². The van der Waals surface area contributed by atoms with E-state index in [0.717, 1.165) is 0 Å². The summed E-state index contributed by atoms with van der Waals surface area (Å²) in [5.74, 6) is -0.149. The quantitative estimate of drug-likeness (QED) is 0.848. The molecular formula is C17H23ClN2O4. The number of nitrogens with two attached hydrogens (primary N) is 1. The molecule has 2 amide bonds. The monoisotopic (exact) mass is 354 g/mol. The van der Waals surface area contributed by atoms with Crippen LogP contribution in [0.4, 0.5) is 0 Å². The lowest BCUT2D eigenvalue weighted by Gasteiger charge is -2.40. The summed E-state index contributed by atoms with van der Waals surface area (Å²) < 4.78 is 10.4. The number of rotatable bonds is 6. The number of hydrogen-bond acceptors (Lipinski definition) is 4. The molecule has 1 atom stereocenters. The van der Waals surface area contributed by atoms with Crippen LogP contribution in [0.5, 0.6) is 5.75 Å². The summed E-state index contributed by atoms with van der Waals surface area (Å²) in [7, 11) is 3.08. The molecule has 0 saturated carbocycles. The Morgan fingerprint density at radius 2 is 2.12 bits per heavy atom. The molecule has 24 heavy (non-hydrogen) atoms. The Morgan fingerprint density at radius 3 is 2.75 bits per heavy atom. The van der Waals surface area contributed by atoms with Crippen LogP contribution in [0.2, 0.25) is 5.02 Å². The third kappa shape index (κ3) is 3.82. The van der Waals surface area contributed by atoms with E-state index in [1.807, 2.05) is 0 Å². The molecule has 0 radical (unpaired) electrons. The zero-order chi connectivity index (χ0) is 17.7. The number of carbonyl (C=O) groups excluding carboxylic acids is 2. The normalized spacial score (nSPS) is 20.7. The molecule has 1 heterocycles. The van der Waals surface area contributed by atoms with Crippen molar-refractivity contribution >= 4 is 23.4 Å². The van der Waals surface area contributed by atoms with E-state index in [9.17, 15) is 9.59 Å². The van der Waals surface area contributed by atoms with E-state index in [2.05, 4.69) is 0 Å². The molecule has 6 nitrogen and oxygen atoms in total. The Hall–Kier alpha value is -1.79. The molecule has 0 bridgehead atoms. The van der Waals surface area contributed by atoms with Crippen molar-refractivity contribution in [3.05, 3.63) is 28.8 Å². The first-order valence-corrected chi connectivity index (χ1v) is 8.23. The van der Waals surface area contributed by atoms with Gasteiger partial charge < -0.3 is 20.1 Å². The summed E-state index contributed by atoms with van der Waals surface area (Å²) in [4.78, 5) is 26.6. The van der Waals surface area contributed by atoms with Crippen molar-refractivity contribution in [1.82, 2.24) is 4.90 Å². The minimum atomic E-state index is -0.754. The highest BCUT2D eigenvalue weighted by molar-refractivity contribution is 6.31. The number of benzene rings is 1. The predicted molar refractivity (Wildman–Crippen MR) is 91.3 cm³/mol. The lowest BCUT2D eigenvalue weighted by Crippen LogP contribution is -2.52. The molecule has 132 valence electrons. The van der Waals surface area contributed by atoms with E-state index in [-0.39, 0.29) is 12.5 Å². The lowest BCUT2D eigenvalue weighted by atomic mass is 9.76. The van der Waals surface area contributed by atoms with E-state index in [1.54, 1.807) is 30.2 Å². The Balaban J connectivity index is 2.26. The van der Waals surface area contributed by atoms with Gasteiger partial charge in [0.15, 0.2) is 0 Å². The molecule has 1 fully saturated rings. The molecule has 0 spiro atoms. The number of hydrogen-bond donors (Lipinski definition) is 1. The standard InChI is InChI=1S/C17H23ClN2O4/c1-23-9-7-17(16(19)22)6-3-8-20(11-17)15(21)13-10-12(18)4-5-14(13)24-2/h4-5,10H,3,6-9,11H2,1-2H3,(H2,19,22). The van der Waals surface area contributed by atoms with Crippen LogP contribution in [-0.4, -0.2) is 50.6 Å². The third-order valence-corrected chi connectivity index (χ3v) is 4.80. The fraction of sp³-hybridized carbons (Fsp3) is 0.529. The van der Waals surface area contributed by atoms with Crippen molar-refractivity contribution in [2.45, 2.75) is 19.3 Å². The SMILES string of the molecule is COCCC1(C(N)=O)CCCN(C(=O)c2cc(Cl)ccc2OC)C1. The molecule has 1 aromatic rings. The van der Waals surface area contributed by atoms with Crippen molar-refractivity contribution in [3.8, 4) is 5.75 Å². The van der Waals surface area contributed by atoms with E-state index < -0.39 is 11.3 Å². The van der Waals surface area contributed by atoms with Crippen LogP contribution in [-0.2, 0) is 9.53 Å². The number of likely N-dealkylation sites (tertiary alicyclic amines) is 1. The van der Waals surface area contributed by atoms with Crippen LogP contribution in [0, 0.1) is 5.41 Å². The van der Waals surface area contributed by atoms with Gasteiger partial charge in [-0.1, -0.05) is 11.6 Å².